The molecule has 0 bridgehead atoms. The molecule has 31 heavy (non-hydrogen) atoms. The number of ether oxygens (including phenoxy) is 1. The maximum absolute atomic E-state index is 12.5. The molecule has 0 radical (unpaired) electrons. The molecule has 0 aliphatic carbocycles. The van der Waals surface area contributed by atoms with Crippen molar-refractivity contribution in [3.8, 4) is 5.75 Å². The lowest BCUT2D eigenvalue weighted by atomic mass is 10.1. The first-order chi connectivity index (χ1) is 14.9. The first-order valence-corrected chi connectivity index (χ1v) is 9.94. The normalized spacial score (nSPS) is 10.3. The number of rotatable bonds is 7. The molecule has 0 fully saturated rings. The van der Waals surface area contributed by atoms with Gasteiger partial charge < -0.3 is 15.4 Å². The van der Waals surface area contributed by atoms with Gasteiger partial charge in [-0.25, -0.2) is 0 Å². The van der Waals surface area contributed by atoms with Crippen LogP contribution in [0.5, 0.6) is 5.75 Å². The second-order valence-corrected chi connectivity index (χ2v) is 7.19. The van der Waals surface area contributed by atoms with Gasteiger partial charge in [-0.2, -0.15) is 0 Å². The molecule has 0 saturated carbocycles. The third-order valence-corrected chi connectivity index (χ3v) is 4.49. The minimum Gasteiger partial charge on any atom is -0.427 e. The Kier molecular flexibility index (Phi) is 7.17. The Morgan fingerprint density at radius 3 is 2.29 bits per heavy atom. The number of aryl methyl sites for hydroxylation is 2. The summed E-state index contributed by atoms with van der Waals surface area (Å²) in [6.45, 7) is 3.32. The summed E-state index contributed by atoms with van der Waals surface area (Å²) in [4.78, 5) is 35.9. The number of benzene rings is 3. The summed E-state index contributed by atoms with van der Waals surface area (Å²) in [7, 11) is 0. The van der Waals surface area contributed by atoms with Crippen LogP contribution in [0.3, 0.4) is 0 Å². The molecule has 2 N–H and O–H groups in total. The first-order valence-electron chi connectivity index (χ1n) is 9.94. The largest absolute Gasteiger partial charge is 0.427 e. The fraction of sp³-hybridized carbons (Fsp3) is 0.160. The Hall–Kier alpha value is -3.93. The Morgan fingerprint density at radius 2 is 1.55 bits per heavy atom. The lowest BCUT2D eigenvalue weighted by Crippen LogP contribution is -2.14. The van der Waals surface area contributed by atoms with Crippen molar-refractivity contribution in [3.05, 3.63) is 89.5 Å². The minimum atomic E-state index is -0.455. The van der Waals surface area contributed by atoms with Crippen molar-refractivity contribution in [3.63, 3.8) is 0 Å². The Morgan fingerprint density at radius 1 is 0.839 bits per heavy atom. The van der Waals surface area contributed by atoms with Crippen LogP contribution in [-0.4, -0.2) is 17.8 Å². The van der Waals surface area contributed by atoms with Crippen molar-refractivity contribution in [1.82, 2.24) is 0 Å². The van der Waals surface area contributed by atoms with Gasteiger partial charge in [0.2, 0.25) is 5.91 Å². The van der Waals surface area contributed by atoms with E-state index in [-0.39, 0.29) is 11.8 Å². The van der Waals surface area contributed by atoms with Gasteiger partial charge in [-0.05, 0) is 55.3 Å². The SMILES string of the molecule is CC(=O)Oc1cccc(C(=O)Nc2cccc(NC(=O)CCc3cccc(C)c3)c2)c1. The summed E-state index contributed by atoms with van der Waals surface area (Å²) in [6.07, 6.45) is 1.02. The Labute approximate surface area is 181 Å². The number of nitrogens with one attached hydrogen (secondary N) is 2. The molecule has 0 aliphatic rings. The average molecular weight is 416 g/mol. The quantitative estimate of drug-likeness (QED) is 0.430. The predicted molar refractivity (Wildman–Crippen MR) is 120 cm³/mol. The number of esters is 1. The monoisotopic (exact) mass is 416 g/mol. The number of carbonyl (C=O) groups excluding carboxylic acids is 3. The molecule has 0 unspecified atom stereocenters. The predicted octanol–water partition coefficient (Wildman–Crippen LogP) is 4.74. The van der Waals surface area contributed by atoms with E-state index in [1.807, 2.05) is 25.1 Å². The van der Waals surface area contributed by atoms with Crippen molar-refractivity contribution in [2.75, 3.05) is 10.6 Å². The second-order valence-electron chi connectivity index (χ2n) is 7.19. The summed E-state index contributed by atoms with van der Waals surface area (Å²) < 4.78 is 5.01. The van der Waals surface area contributed by atoms with Gasteiger partial charge in [-0.3, -0.25) is 14.4 Å². The molecule has 2 amide bonds. The van der Waals surface area contributed by atoms with E-state index in [0.29, 0.717) is 35.5 Å². The van der Waals surface area contributed by atoms with Crippen LogP contribution in [0.1, 0.15) is 34.8 Å². The molecule has 0 saturated heterocycles. The standard InChI is InChI=1S/C25H24N2O4/c1-17-6-3-7-19(14-17)12-13-24(29)26-21-9-5-10-22(16-21)27-25(30)20-8-4-11-23(15-20)31-18(2)28/h3-11,14-16H,12-13H2,1-2H3,(H,26,29)(H,27,30). The lowest BCUT2D eigenvalue weighted by molar-refractivity contribution is -0.131. The fourth-order valence-electron chi connectivity index (χ4n) is 3.09. The van der Waals surface area contributed by atoms with Crippen LogP contribution in [-0.2, 0) is 16.0 Å². The van der Waals surface area contributed by atoms with Gasteiger partial charge >= 0.3 is 5.97 Å². The second kappa shape index (κ2) is 10.2. The number of carbonyl (C=O) groups is 3. The van der Waals surface area contributed by atoms with Crippen LogP contribution < -0.4 is 15.4 Å². The van der Waals surface area contributed by atoms with E-state index < -0.39 is 5.97 Å². The molecule has 3 aromatic carbocycles. The van der Waals surface area contributed by atoms with Crippen molar-refractivity contribution in [2.24, 2.45) is 0 Å². The van der Waals surface area contributed by atoms with Crippen LogP contribution in [0.4, 0.5) is 11.4 Å². The zero-order valence-electron chi connectivity index (χ0n) is 17.5. The molecular formula is C25H24N2O4. The van der Waals surface area contributed by atoms with E-state index >= 15 is 0 Å². The van der Waals surface area contributed by atoms with Crippen LogP contribution >= 0.6 is 0 Å². The van der Waals surface area contributed by atoms with Crippen molar-refractivity contribution < 1.29 is 19.1 Å². The van der Waals surface area contributed by atoms with Gasteiger partial charge in [-0.15, -0.1) is 0 Å². The number of hydrogen-bond donors (Lipinski definition) is 2. The highest BCUT2D eigenvalue weighted by Crippen LogP contribution is 2.19. The van der Waals surface area contributed by atoms with E-state index in [1.165, 1.54) is 18.6 Å². The lowest BCUT2D eigenvalue weighted by Gasteiger charge is -2.10. The summed E-state index contributed by atoms with van der Waals surface area (Å²) in [5.41, 5.74) is 3.78. The third-order valence-electron chi connectivity index (χ3n) is 4.49. The first kappa shape index (κ1) is 21.8. The summed E-state index contributed by atoms with van der Waals surface area (Å²) in [5, 5.41) is 5.65. The smallest absolute Gasteiger partial charge is 0.308 e. The highest BCUT2D eigenvalue weighted by molar-refractivity contribution is 6.05. The number of anilines is 2. The molecule has 6 nitrogen and oxygen atoms in total. The van der Waals surface area contributed by atoms with E-state index in [4.69, 9.17) is 4.74 Å². The number of hydrogen-bond acceptors (Lipinski definition) is 4. The zero-order valence-corrected chi connectivity index (χ0v) is 17.5. The topological polar surface area (TPSA) is 84.5 Å². The summed E-state index contributed by atoms with van der Waals surface area (Å²) >= 11 is 0. The van der Waals surface area contributed by atoms with Gasteiger partial charge in [-0.1, -0.05) is 42.0 Å². The molecule has 0 atom stereocenters. The molecule has 3 rings (SSSR count). The Bertz CT molecular complexity index is 1110. The van der Waals surface area contributed by atoms with Crippen LogP contribution in [0.25, 0.3) is 0 Å². The Balaban J connectivity index is 1.59. The van der Waals surface area contributed by atoms with Gasteiger partial charge in [0.25, 0.3) is 5.91 Å². The summed E-state index contributed by atoms with van der Waals surface area (Å²) in [6, 6.07) is 21.4. The highest BCUT2D eigenvalue weighted by atomic mass is 16.5. The van der Waals surface area contributed by atoms with Crippen molar-refractivity contribution >= 4 is 29.2 Å². The average Bonchev–Trinajstić information content (AvgIpc) is 2.72. The molecule has 3 aromatic rings. The van der Waals surface area contributed by atoms with Gasteiger partial charge in [0.05, 0.1) is 0 Å². The maximum atomic E-state index is 12.5. The van der Waals surface area contributed by atoms with Crippen molar-refractivity contribution in [2.45, 2.75) is 26.7 Å². The van der Waals surface area contributed by atoms with Crippen LogP contribution in [0.2, 0.25) is 0 Å². The van der Waals surface area contributed by atoms with Crippen LogP contribution in [0.15, 0.2) is 72.8 Å². The third kappa shape index (κ3) is 6.82. The highest BCUT2D eigenvalue weighted by Gasteiger charge is 2.10. The van der Waals surface area contributed by atoms with E-state index in [2.05, 4.69) is 16.7 Å². The molecular weight excluding hydrogens is 392 g/mol. The molecule has 6 heteroatoms. The molecule has 0 spiro atoms. The van der Waals surface area contributed by atoms with Gasteiger partial charge in [0, 0.05) is 30.3 Å². The van der Waals surface area contributed by atoms with Gasteiger partial charge in [0.1, 0.15) is 5.75 Å². The molecule has 0 aromatic heterocycles. The molecule has 0 aliphatic heterocycles. The number of amides is 2. The molecule has 158 valence electrons. The summed E-state index contributed by atoms with van der Waals surface area (Å²) in [5.74, 6) is -0.603. The minimum absolute atomic E-state index is 0.0981. The van der Waals surface area contributed by atoms with E-state index in [9.17, 15) is 14.4 Å². The van der Waals surface area contributed by atoms with E-state index in [0.717, 1.165) is 5.56 Å². The van der Waals surface area contributed by atoms with Crippen LogP contribution in [0, 0.1) is 6.92 Å². The van der Waals surface area contributed by atoms with Gasteiger partial charge in [0.15, 0.2) is 0 Å². The van der Waals surface area contributed by atoms with E-state index in [1.54, 1.807) is 42.5 Å². The molecule has 0 heterocycles. The fourth-order valence-corrected chi connectivity index (χ4v) is 3.09. The maximum Gasteiger partial charge on any atom is 0.308 e. The zero-order chi connectivity index (χ0) is 22.2. The van der Waals surface area contributed by atoms with Crippen molar-refractivity contribution in [1.29, 1.82) is 0 Å².